The maximum Gasteiger partial charge on any atom is 0.329 e. The molecule has 0 atom stereocenters. The zero-order valence-electron chi connectivity index (χ0n) is 10.0. The van der Waals surface area contributed by atoms with Crippen LogP contribution in [-0.4, -0.2) is 24.2 Å². The Kier molecular flexibility index (Phi) is 3.04. The number of nitrogens with zero attached hydrogens (tertiary/aromatic N) is 3. The number of nitrogens with one attached hydrogen (secondary N) is 1. The topological polar surface area (TPSA) is 92.9 Å². The standard InChI is InChI=1S/C11H12N4O3/c1-3-4-5-15-7(6-16)12-9-8(15)10(17)13-11(18)14(9)2/h16H,5-6H2,1-2H3,(H,13,17,18). The summed E-state index contributed by atoms with van der Waals surface area (Å²) in [6, 6.07) is 0. The number of aromatic nitrogens is 4. The van der Waals surface area contributed by atoms with Crippen LogP contribution in [0.5, 0.6) is 0 Å². The molecule has 2 aromatic rings. The number of fused-ring (bicyclic) bond motifs is 1. The molecule has 0 aliphatic carbocycles. The number of hydrogen-bond acceptors (Lipinski definition) is 4. The summed E-state index contributed by atoms with van der Waals surface area (Å²) in [5.41, 5.74) is -0.587. The van der Waals surface area contributed by atoms with Crippen LogP contribution in [0.3, 0.4) is 0 Å². The highest BCUT2D eigenvalue weighted by atomic mass is 16.3. The van der Waals surface area contributed by atoms with Crippen LogP contribution in [0.4, 0.5) is 0 Å². The van der Waals surface area contributed by atoms with Crippen LogP contribution in [0.25, 0.3) is 11.2 Å². The van der Waals surface area contributed by atoms with Crippen molar-refractivity contribution < 1.29 is 5.11 Å². The van der Waals surface area contributed by atoms with Gasteiger partial charge in [0.1, 0.15) is 12.4 Å². The number of aliphatic hydroxyl groups is 1. The maximum atomic E-state index is 11.8. The molecule has 0 amide bonds. The van der Waals surface area contributed by atoms with Gasteiger partial charge in [-0.15, -0.1) is 5.92 Å². The molecule has 2 N–H and O–H groups in total. The average molecular weight is 248 g/mol. The monoisotopic (exact) mass is 248 g/mol. The lowest BCUT2D eigenvalue weighted by Crippen LogP contribution is -2.29. The van der Waals surface area contributed by atoms with Gasteiger partial charge in [0.25, 0.3) is 5.56 Å². The number of imidazole rings is 1. The molecule has 0 radical (unpaired) electrons. The van der Waals surface area contributed by atoms with E-state index in [1.807, 2.05) is 0 Å². The fraction of sp³-hybridized carbons (Fsp3) is 0.364. The van der Waals surface area contributed by atoms with Crippen molar-refractivity contribution in [1.29, 1.82) is 0 Å². The van der Waals surface area contributed by atoms with Gasteiger partial charge in [-0.3, -0.25) is 14.3 Å². The Morgan fingerprint density at radius 1 is 1.44 bits per heavy atom. The first-order chi connectivity index (χ1) is 8.60. The Morgan fingerprint density at radius 2 is 2.17 bits per heavy atom. The summed E-state index contributed by atoms with van der Waals surface area (Å²) in [5, 5.41) is 9.24. The summed E-state index contributed by atoms with van der Waals surface area (Å²) < 4.78 is 2.73. The first-order valence-corrected chi connectivity index (χ1v) is 5.29. The molecular weight excluding hydrogens is 236 g/mol. The lowest BCUT2D eigenvalue weighted by molar-refractivity contribution is 0.267. The summed E-state index contributed by atoms with van der Waals surface area (Å²) in [6.07, 6.45) is 0. The number of H-pyrrole nitrogens is 1. The second-order valence-electron chi connectivity index (χ2n) is 3.69. The third-order valence-corrected chi connectivity index (χ3v) is 2.64. The second kappa shape index (κ2) is 4.50. The highest BCUT2D eigenvalue weighted by molar-refractivity contribution is 5.70. The Hall–Kier alpha value is -2.33. The van der Waals surface area contributed by atoms with Gasteiger partial charge < -0.3 is 9.67 Å². The predicted molar refractivity (Wildman–Crippen MR) is 65.0 cm³/mol. The highest BCUT2D eigenvalue weighted by Gasteiger charge is 2.15. The molecule has 7 heteroatoms. The number of hydrogen-bond donors (Lipinski definition) is 2. The van der Waals surface area contributed by atoms with Crippen molar-refractivity contribution in [1.82, 2.24) is 19.1 Å². The molecule has 0 aliphatic heterocycles. The van der Waals surface area contributed by atoms with E-state index in [0.29, 0.717) is 5.82 Å². The van der Waals surface area contributed by atoms with Crippen molar-refractivity contribution in [2.45, 2.75) is 20.1 Å². The van der Waals surface area contributed by atoms with Crippen molar-refractivity contribution in [3.63, 3.8) is 0 Å². The average Bonchev–Trinajstić information content (AvgIpc) is 2.72. The largest absolute Gasteiger partial charge is 0.388 e. The Bertz CT molecular complexity index is 770. The highest BCUT2D eigenvalue weighted by Crippen LogP contribution is 2.10. The maximum absolute atomic E-state index is 11.8. The molecular formula is C11H12N4O3. The van der Waals surface area contributed by atoms with E-state index in [0.717, 1.165) is 0 Å². The van der Waals surface area contributed by atoms with Gasteiger partial charge in [-0.1, -0.05) is 5.92 Å². The van der Waals surface area contributed by atoms with Gasteiger partial charge in [0.15, 0.2) is 11.2 Å². The van der Waals surface area contributed by atoms with Crippen molar-refractivity contribution in [3.8, 4) is 11.8 Å². The molecule has 2 rings (SSSR count). The van der Waals surface area contributed by atoms with E-state index in [4.69, 9.17) is 0 Å². The van der Waals surface area contributed by atoms with E-state index in [1.54, 1.807) is 6.92 Å². The SMILES string of the molecule is CC#CCn1c(CO)nc2c1c(=O)[nH]c(=O)n2C. The molecule has 0 bridgehead atoms. The van der Waals surface area contributed by atoms with E-state index in [-0.39, 0.29) is 24.3 Å². The number of rotatable bonds is 2. The molecule has 0 fully saturated rings. The summed E-state index contributed by atoms with van der Waals surface area (Å²) in [5.74, 6) is 5.81. The lowest BCUT2D eigenvalue weighted by atomic mass is 10.4. The molecule has 7 nitrogen and oxygen atoms in total. The molecule has 0 aliphatic rings. The minimum atomic E-state index is -0.539. The van der Waals surface area contributed by atoms with Crippen molar-refractivity contribution in [2.24, 2.45) is 7.05 Å². The van der Waals surface area contributed by atoms with E-state index >= 15 is 0 Å². The van der Waals surface area contributed by atoms with Crippen molar-refractivity contribution >= 4 is 11.2 Å². The van der Waals surface area contributed by atoms with Gasteiger partial charge in [0, 0.05) is 7.05 Å². The summed E-state index contributed by atoms with van der Waals surface area (Å²) in [7, 11) is 1.50. The molecule has 0 saturated carbocycles. The molecule has 0 aromatic carbocycles. The molecule has 2 aromatic heterocycles. The number of aromatic amines is 1. The molecule has 18 heavy (non-hydrogen) atoms. The molecule has 94 valence electrons. The number of aryl methyl sites for hydroxylation is 1. The zero-order valence-corrected chi connectivity index (χ0v) is 10.0. The minimum absolute atomic E-state index is 0.240. The Labute approximate surface area is 102 Å². The third kappa shape index (κ3) is 1.72. The van der Waals surface area contributed by atoms with E-state index in [2.05, 4.69) is 21.8 Å². The number of aliphatic hydroxyl groups excluding tert-OH is 1. The molecule has 0 unspecified atom stereocenters. The van der Waals surface area contributed by atoms with Crippen LogP contribution in [0.1, 0.15) is 12.7 Å². The van der Waals surface area contributed by atoms with Crippen molar-refractivity contribution in [2.75, 3.05) is 0 Å². The summed E-state index contributed by atoms with van der Waals surface area (Å²) in [4.78, 5) is 29.5. The Balaban J connectivity index is 2.90. The smallest absolute Gasteiger partial charge is 0.329 e. The quantitative estimate of drug-likeness (QED) is 0.662. The third-order valence-electron chi connectivity index (χ3n) is 2.64. The van der Waals surface area contributed by atoms with Gasteiger partial charge in [-0.2, -0.15) is 0 Å². The minimum Gasteiger partial charge on any atom is -0.388 e. The van der Waals surface area contributed by atoms with E-state index in [1.165, 1.54) is 16.2 Å². The lowest BCUT2D eigenvalue weighted by Gasteiger charge is -2.02. The van der Waals surface area contributed by atoms with E-state index in [9.17, 15) is 14.7 Å². The normalized spacial score (nSPS) is 10.4. The van der Waals surface area contributed by atoms with Crippen LogP contribution >= 0.6 is 0 Å². The predicted octanol–water partition coefficient (Wildman–Crippen LogP) is -1.06. The molecule has 0 saturated heterocycles. The van der Waals surface area contributed by atoms with E-state index < -0.39 is 11.2 Å². The van der Waals surface area contributed by atoms with Crippen LogP contribution in [-0.2, 0) is 20.2 Å². The molecule has 0 spiro atoms. The van der Waals surface area contributed by atoms with Gasteiger partial charge in [0.2, 0.25) is 0 Å². The first-order valence-electron chi connectivity index (χ1n) is 5.29. The fourth-order valence-corrected chi connectivity index (χ4v) is 1.73. The van der Waals surface area contributed by atoms with Crippen LogP contribution in [0.2, 0.25) is 0 Å². The summed E-state index contributed by atoms with van der Waals surface area (Å²) in [6.45, 7) is 1.59. The summed E-state index contributed by atoms with van der Waals surface area (Å²) >= 11 is 0. The molecule has 2 heterocycles. The Morgan fingerprint density at radius 3 is 2.78 bits per heavy atom. The van der Waals surface area contributed by atoms with Gasteiger partial charge >= 0.3 is 5.69 Å². The zero-order chi connectivity index (χ0) is 13.3. The van der Waals surface area contributed by atoms with Gasteiger partial charge in [-0.05, 0) is 6.92 Å². The van der Waals surface area contributed by atoms with Crippen LogP contribution < -0.4 is 11.2 Å². The van der Waals surface area contributed by atoms with Crippen LogP contribution in [0.15, 0.2) is 9.59 Å². The van der Waals surface area contributed by atoms with Crippen molar-refractivity contribution in [3.05, 3.63) is 26.7 Å². The second-order valence-corrected chi connectivity index (χ2v) is 3.69. The van der Waals surface area contributed by atoms with Gasteiger partial charge in [-0.25, -0.2) is 9.78 Å². The van der Waals surface area contributed by atoms with Crippen LogP contribution in [0, 0.1) is 11.8 Å². The van der Waals surface area contributed by atoms with Gasteiger partial charge in [0.05, 0.1) is 6.54 Å². The first kappa shape index (κ1) is 12.1. The fourth-order valence-electron chi connectivity index (χ4n) is 1.73.